The summed E-state index contributed by atoms with van der Waals surface area (Å²) < 4.78 is 9.96. The van der Waals surface area contributed by atoms with Crippen LogP contribution >= 0.6 is 0 Å². The van der Waals surface area contributed by atoms with E-state index >= 15 is 0 Å². The van der Waals surface area contributed by atoms with Gasteiger partial charge in [0.15, 0.2) is 0 Å². The topological polar surface area (TPSA) is 61.5 Å². The van der Waals surface area contributed by atoms with E-state index in [1.807, 2.05) is 0 Å². The number of esters is 1. The zero-order valence-corrected chi connectivity index (χ0v) is 7.99. The maximum absolute atomic E-state index is 10.7. The quantitative estimate of drug-likeness (QED) is 0.649. The molecule has 0 aliphatic heterocycles. The van der Waals surface area contributed by atoms with Gasteiger partial charge < -0.3 is 15.2 Å². The minimum atomic E-state index is -0.220. The Morgan fingerprint density at radius 1 is 1.54 bits per heavy atom. The van der Waals surface area contributed by atoms with Crippen molar-refractivity contribution in [3.63, 3.8) is 0 Å². The third-order valence-corrected chi connectivity index (χ3v) is 2.31. The first-order valence-electron chi connectivity index (χ1n) is 4.66. The molecular weight excluding hydrogens is 170 g/mol. The van der Waals surface area contributed by atoms with Crippen molar-refractivity contribution in [1.82, 2.24) is 0 Å². The molecule has 0 bridgehead atoms. The Hall–Kier alpha value is -0.610. The second-order valence-corrected chi connectivity index (χ2v) is 3.39. The summed E-state index contributed by atoms with van der Waals surface area (Å²) in [5, 5.41) is 0. The molecule has 0 aromatic carbocycles. The predicted octanol–water partition coefficient (Wildman–Crippen LogP) is 0.446. The second kappa shape index (κ2) is 5.19. The molecular formula is C9H17NO3. The highest BCUT2D eigenvalue weighted by atomic mass is 16.5. The molecule has 0 heterocycles. The maximum Gasteiger partial charge on any atom is 0.307 e. The fourth-order valence-corrected chi connectivity index (χ4v) is 1.54. The summed E-state index contributed by atoms with van der Waals surface area (Å²) in [7, 11) is 1.38. The average molecular weight is 187 g/mol. The highest BCUT2D eigenvalue weighted by molar-refractivity contribution is 5.69. The van der Waals surface area contributed by atoms with Crippen LogP contribution in [0.1, 0.15) is 25.7 Å². The Morgan fingerprint density at radius 3 is 2.85 bits per heavy atom. The van der Waals surface area contributed by atoms with Gasteiger partial charge in [-0.05, 0) is 19.3 Å². The van der Waals surface area contributed by atoms with Crippen molar-refractivity contribution >= 4 is 5.97 Å². The second-order valence-electron chi connectivity index (χ2n) is 3.39. The molecule has 1 fully saturated rings. The van der Waals surface area contributed by atoms with E-state index in [1.165, 1.54) is 7.11 Å². The SMILES string of the molecule is COC(=O)CCOC1CCC(N)C1. The summed E-state index contributed by atoms with van der Waals surface area (Å²) in [6.07, 6.45) is 3.55. The first kappa shape index (κ1) is 10.5. The molecule has 4 nitrogen and oxygen atoms in total. The Kier molecular flexibility index (Phi) is 4.18. The zero-order chi connectivity index (χ0) is 9.68. The van der Waals surface area contributed by atoms with E-state index in [1.54, 1.807) is 0 Å². The van der Waals surface area contributed by atoms with Crippen molar-refractivity contribution in [2.75, 3.05) is 13.7 Å². The van der Waals surface area contributed by atoms with Crippen LogP contribution in [0.25, 0.3) is 0 Å². The highest BCUT2D eigenvalue weighted by Crippen LogP contribution is 2.20. The zero-order valence-electron chi connectivity index (χ0n) is 7.99. The Bertz CT molecular complexity index is 172. The van der Waals surface area contributed by atoms with Gasteiger partial charge in [-0.3, -0.25) is 4.79 Å². The normalized spacial score (nSPS) is 27.5. The van der Waals surface area contributed by atoms with E-state index in [0.717, 1.165) is 19.3 Å². The third-order valence-electron chi connectivity index (χ3n) is 2.31. The number of ether oxygens (including phenoxy) is 2. The average Bonchev–Trinajstić information content (AvgIpc) is 2.51. The summed E-state index contributed by atoms with van der Waals surface area (Å²) in [5.74, 6) is -0.220. The van der Waals surface area contributed by atoms with Crippen molar-refractivity contribution < 1.29 is 14.3 Å². The number of methoxy groups -OCH3 is 1. The molecule has 0 spiro atoms. The van der Waals surface area contributed by atoms with E-state index in [2.05, 4.69) is 4.74 Å². The summed E-state index contributed by atoms with van der Waals surface area (Å²) in [6, 6.07) is 0.281. The monoisotopic (exact) mass is 187 g/mol. The lowest BCUT2D eigenvalue weighted by Crippen LogP contribution is -2.18. The molecule has 76 valence electrons. The largest absolute Gasteiger partial charge is 0.469 e. The van der Waals surface area contributed by atoms with Gasteiger partial charge in [-0.15, -0.1) is 0 Å². The number of hydrogen-bond acceptors (Lipinski definition) is 4. The molecule has 1 saturated carbocycles. The minimum absolute atomic E-state index is 0.220. The van der Waals surface area contributed by atoms with Gasteiger partial charge in [-0.1, -0.05) is 0 Å². The smallest absolute Gasteiger partial charge is 0.307 e. The minimum Gasteiger partial charge on any atom is -0.469 e. The molecule has 4 heteroatoms. The summed E-state index contributed by atoms with van der Waals surface area (Å²) >= 11 is 0. The van der Waals surface area contributed by atoms with Crippen molar-refractivity contribution in [3.05, 3.63) is 0 Å². The number of carbonyl (C=O) groups is 1. The molecule has 0 amide bonds. The van der Waals surface area contributed by atoms with Crippen LogP contribution in [0.15, 0.2) is 0 Å². The van der Waals surface area contributed by atoms with Crippen molar-refractivity contribution in [2.45, 2.75) is 37.8 Å². The number of nitrogens with two attached hydrogens (primary N) is 1. The molecule has 1 rings (SSSR count). The molecule has 2 unspecified atom stereocenters. The first-order valence-corrected chi connectivity index (χ1v) is 4.66. The lowest BCUT2D eigenvalue weighted by molar-refractivity contribution is -0.142. The van der Waals surface area contributed by atoms with Gasteiger partial charge in [0, 0.05) is 6.04 Å². The molecule has 2 atom stereocenters. The highest BCUT2D eigenvalue weighted by Gasteiger charge is 2.22. The standard InChI is InChI=1S/C9H17NO3/c1-12-9(11)4-5-13-8-3-2-7(10)6-8/h7-8H,2-6,10H2,1H3. The van der Waals surface area contributed by atoms with Crippen LogP contribution in [-0.4, -0.2) is 31.8 Å². The molecule has 2 N–H and O–H groups in total. The fourth-order valence-electron chi connectivity index (χ4n) is 1.54. The molecule has 0 radical (unpaired) electrons. The predicted molar refractivity (Wildman–Crippen MR) is 48.2 cm³/mol. The van der Waals surface area contributed by atoms with Gasteiger partial charge >= 0.3 is 5.97 Å². The van der Waals surface area contributed by atoms with E-state index in [9.17, 15) is 4.79 Å². The van der Waals surface area contributed by atoms with Gasteiger partial charge in [0.1, 0.15) is 0 Å². The maximum atomic E-state index is 10.7. The van der Waals surface area contributed by atoms with Crippen LogP contribution in [0.3, 0.4) is 0 Å². The lowest BCUT2D eigenvalue weighted by Gasteiger charge is -2.10. The van der Waals surface area contributed by atoms with Crippen molar-refractivity contribution in [2.24, 2.45) is 5.73 Å². The van der Waals surface area contributed by atoms with Crippen LogP contribution in [0.4, 0.5) is 0 Å². The number of hydrogen-bond donors (Lipinski definition) is 1. The van der Waals surface area contributed by atoms with Gasteiger partial charge in [-0.25, -0.2) is 0 Å². The number of rotatable bonds is 4. The summed E-state index contributed by atoms with van der Waals surface area (Å²) in [6.45, 7) is 0.448. The molecule has 13 heavy (non-hydrogen) atoms. The van der Waals surface area contributed by atoms with Crippen LogP contribution in [0.2, 0.25) is 0 Å². The lowest BCUT2D eigenvalue weighted by atomic mass is 10.3. The molecule has 1 aliphatic rings. The summed E-state index contributed by atoms with van der Waals surface area (Å²) in [5.41, 5.74) is 5.71. The van der Waals surface area contributed by atoms with Gasteiger partial charge in [0.05, 0.1) is 26.2 Å². The van der Waals surface area contributed by atoms with E-state index in [4.69, 9.17) is 10.5 Å². The fraction of sp³-hybridized carbons (Fsp3) is 0.889. The molecule has 0 aromatic rings. The Balaban J connectivity index is 2.03. The summed E-state index contributed by atoms with van der Waals surface area (Å²) in [4.78, 5) is 10.7. The van der Waals surface area contributed by atoms with Crippen molar-refractivity contribution in [1.29, 1.82) is 0 Å². The van der Waals surface area contributed by atoms with Gasteiger partial charge in [-0.2, -0.15) is 0 Å². The van der Waals surface area contributed by atoms with Crippen LogP contribution < -0.4 is 5.73 Å². The number of carbonyl (C=O) groups excluding carboxylic acids is 1. The van der Waals surface area contributed by atoms with Gasteiger partial charge in [0.2, 0.25) is 0 Å². The Morgan fingerprint density at radius 2 is 2.31 bits per heavy atom. The molecule has 1 aliphatic carbocycles. The van der Waals surface area contributed by atoms with Crippen molar-refractivity contribution in [3.8, 4) is 0 Å². The molecule has 0 saturated heterocycles. The van der Waals surface area contributed by atoms with Gasteiger partial charge in [0.25, 0.3) is 0 Å². The van der Waals surface area contributed by atoms with E-state index in [0.29, 0.717) is 13.0 Å². The first-order chi connectivity index (χ1) is 6.22. The third kappa shape index (κ3) is 3.74. The Labute approximate surface area is 78.4 Å². The van der Waals surface area contributed by atoms with Crippen LogP contribution in [0.5, 0.6) is 0 Å². The van der Waals surface area contributed by atoms with E-state index < -0.39 is 0 Å². The van der Waals surface area contributed by atoms with Crippen LogP contribution in [0, 0.1) is 0 Å². The molecule has 0 aromatic heterocycles. The van der Waals surface area contributed by atoms with Crippen LogP contribution in [-0.2, 0) is 14.3 Å². The van der Waals surface area contributed by atoms with E-state index in [-0.39, 0.29) is 18.1 Å².